The van der Waals surface area contributed by atoms with Gasteiger partial charge in [0.15, 0.2) is 5.65 Å². The monoisotopic (exact) mass is 545 g/mol. The van der Waals surface area contributed by atoms with Gasteiger partial charge in [0.1, 0.15) is 29.1 Å². The molecule has 0 radical (unpaired) electrons. The van der Waals surface area contributed by atoms with E-state index in [1.54, 1.807) is 6.92 Å². The molecular formula is C27H28FN9O3. The Hall–Kier alpha value is -4.94. The molecule has 4 aromatic heterocycles. The summed E-state index contributed by atoms with van der Waals surface area (Å²) in [6, 6.07) is 7.07. The van der Waals surface area contributed by atoms with Crippen LogP contribution in [0.4, 0.5) is 16.0 Å². The first-order valence-electron chi connectivity index (χ1n) is 12.9. The van der Waals surface area contributed by atoms with E-state index in [1.165, 1.54) is 16.8 Å². The SMILES string of the molecule is CCOc1nc2cc(-c3c4nc5c(cnn5c3N)C(=O)NC[C@H](C)Oc3ncc(F)cc3[C@@H](C)N4)ccc2n1C. The van der Waals surface area contributed by atoms with Gasteiger partial charge in [-0.1, -0.05) is 6.07 Å². The third kappa shape index (κ3) is 4.19. The highest BCUT2D eigenvalue weighted by molar-refractivity contribution is 6.01. The average Bonchev–Trinajstić information content (AvgIpc) is 3.49. The van der Waals surface area contributed by atoms with E-state index < -0.39 is 18.0 Å². The predicted octanol–water partition coefficient (Wildman–Crippen LogP) is 3.48. The molecule has 0 spiro atoms. The number of halogens is 1. The molecule has 1 aliphatic rings. The first-order valence-corrected chi connectivity index (χ1v) is 12.9. The highest BCUT2D eigenvalue weighted by Gasteiger charge is 2.26. The molecule has 1 aromatic carbocycles. The van der Waals surface area contributed by atoms with Gasteiger partial charge in [-0.2, -0.15) is 14.6 Å². The minimum atomic E-state index is -0.506. The molecule has 0 unspecified atom stereocenters. The minimum Gasteiger partial charge on any atom is -0.473 e. The number of amides is 1. The normalized spacial score (nSPS) is 17.4. The van der Waals surface area contributed by atoms with Crippen molar-refractivity contribution in [2.45, 2.75) is 32.9 Å². The van der Waals surface area contributed by atoms with E-state index in [-0.39, 0.29) is 35.4 Å². The smallest absolute Gasteiger partial charge is 0.297 e. The first kappa shape index (κ1) is 25.3. The van der Waals surface area contributed by atoms with Crippen LogP contribution >= 0.6 is 0 Å². The zero-order chi connectivity index (χ0) is 28.1. The summed E-state index contributed by atoms with van der Waals surface area (Å²) < 4.78 is 29.3. The van der Waals surface area contributed by atoms with Crippen molar-refractivity contribution in [2.75, 3.05) is 24.2 Å². The number of fused-ring (bicyclic) bond motifs is 3. The van der Waals surface area contributed by atoms with Crippen LogP contribution in [0.5, 0.6) is 11.9 Å². The maximum atomic E-state index is 14.3. The maximum Gasteiger partial charge on any atom is 0.297 e. The van der Waals surface area contributed by atoms with E-state index in [0.717, 1.165) is 11.7 Å². The van der Waals surface area contributed by atoms with Crippen LogP contribution in [0.15, 0.2) is 36.7 Å². The van der Waals surface area contributed by atoms with Gasteiger partial charge in [0.05, 0.1) is 48.2 Å². The van der Waals surface area contributed by atoms with Crippen molar-refractivity contribution in [2.24, 2.45) is 7.05 Å². The van der Waals surface area contributed by atoms with Crippen LogP contribution in [-0.2, 0) is 7.05 Å². The van der Waals surface area contributed by atoms with Crippen molar-refractivity contribution >= 4 is 34.2 Å². The molecule has 1 aliphatic heterocycles. The number of benzene rings is 1. The third-order valence-electron chi connectivity index (χ3n) is 6.86. The molecule has 12 nitrogen and oxygen atoms in total. The van der Waals surface area contributed by atoms with Crippen molar-refractivity contribution in [1.82, 2.24) is 34.4 Å². The van der Waals surface area contributed by atoms with Gasteiger partial charge < -0.3 is 25.8 Å². The summed E-state index contributed by atoms with van der Waals surface area (Å²) in [5.41, 5.74) is 10.5. The van der Waals surface area contributed by atoms with E-state index in [9.17, 15) is 9.18 Å². The molecule has 0 fully saturated rings. The lowest BCUT2D eigenvalue weighted by molar-refractivity contribution is 0.0932. The van der Waals surface area contributed by atoms with Gasteiger partial charge in [0, 0.05) is 12.6 Å². The van der Waals surface area contributed by atoms with Crippen molar-refractivity contribution in [3.05, 3.63) is 53.6 Å². The summed E-state index contributed by atoms with van der Waals surface area (Å²) >= 11 is 0. The molecule has 6 rings (SSSR count). The van der Waals surface area contributed by atoms with Crippen LogP contribution in [0, 0.1) is 5.82 Å². The van der Waals surface area contributed by atoms with Gasteiger partial charge >= 0.3 is 0 Å². The molecule has 13 heteroatoms. The number of carbonyl (C=O) groups excluding carboxylic acids is 1. The second kappa shape index (κ2) is 9.67. The predicted molar refractivity (Wildman–Crippen MR) is 147 cm³/mol. The van der Waals surface area contributed by atoms with Crippen LogP contribution in [0.25, 0.3) is 27.8 Å². The molecule has 0 aliphatic carbocycles. The highest BCUT2D eigenvalue weighted by atomic mass is 19.1. The Morgan fingerprint density at radius 3 is 2.85 bits per heavy atom. The standard InChI is InChI=1S/C27H28FN9O3/c1-5-39-27-34-19-8-15(6-7-20(19)36(27)4)21-22(29)37-24-18(12-32-37)25(38)30-10-13(2)40-26-17(9-16(28)11-31-26)14(3)33-23(21)35-24/h6-9,11-14H,5,10,29H2,1-4H3,(H,30,38)(H,33,35)/t13-,14+/m0/s1. The lowest BCUT2D eigenvalue weighted by Crippen LogP contribution is -2.34. The Morgan fingerprint density at radius 2 is 2.05 bits per heavy atom. The second-order valence-corrected chi connectivity index (χ2v) is 9.66. The zero-order valence-corrected chi connectivity index (χ0v) is 22.4. The summed E-state index contributed by atoms with van der Waals surface area (Å²) in [7, 11) is 1.88. The Labute approximate surface area is 228 Å². The Kier molecular flexibility index (Phi) is 6.12. The highest BCUT2D eigenvalue weighted by Crippen LogP contribution is 2.38. The van der Waals surface area contributed by atoms with Crippen molar-refractivity contribution in [3.63, 3.8) is 0 Å². The van der Waals surface area contributed by atoms with Crippen LogP contribution in [-0.4, -0.2) is 54.3 Å². The molecule has 40 heavy (non-hydrogen) atoms. The van der Waals surface area contributed by atoms with Crippen LogP contribution in [0.1, 0.15) is 42.7 Å². The number of nitrogens with two attached hydrogens (primary N) is 1. The number of pyridine rings is 1. The first-order chi connectivity index (χ1) is 19.2. The number of aryl methyl sites for hydroxylation is 1. The number of aromatic nitrogens is 6. The van der Waals surface area contributed by atoms with Crippen molar-refractivity contribution in [1.29, 1.82) is 0 Å². The number of carbonyl (C=O) groups is 1. The summed E-state index contributed by atoms with van der Waals surface area (Å²) in [6.07, 6.45) is 2.08. The van der Waals surface area contributed by atoms with E-state index in [4.69, 9.17) is 20.2 Å². The number of hydrogen-bond acceptors (Lipinski definition) is 9. The molecular weight excluding hydrogens is 517 g/mol. The maximum absolute atomic E-state index is 14.3. The number of rotatable bonds is 3. The second-order valence-electron chi connectivity index (χ2n) is 9.66. The lowest BCUT2D eigenvalue weighted by Gasteiger charge is -2.22. The van der Waals surface area contributed by atoms with Gasteiger partial charge in [-0.05, 0) is 44.5 Å². The largest absolute Gasteiger partial charge is 0.473 e. The summed E-state index contributed by atoms with van der Waals surface area (Å²) in [5.74, 6) is -0.00689. The molecule has 206 valence electrons. The van der Waals surface area contributed by atoms with Crippen LogP contribution < -0.4 is 25.8 Å². The van der Waals surface area contributed by atoms with Crippen molar-refractivity contribution in [3.8, 4) is 23.0 Å². The molecule has 5 aromatic rings. The quantitative estimate of drug-likeness (QED) is 0.310. The number of hydrogen-bond donors (Lipinski definition) is 3. The van der Waals surface area contributed by atoms with E-state index in [2.05, 4.69) is 25.7 Å². The fraction of sp³-hybridized carbons (Fsp3) is 0.296. The number of nitrogens with one attached hydrogen (secondary N) is 2. The van der Waals surface area contributed by atoms with E-state index in [0.29, 0.717) is 40.6 Å². The van der Waals surface area contributed by atoms with Gasteiger partial charge in [-0.3, -0.25) is 9.36 Å². The number of imidazole rings is 1. The summed E-state index contributed by atoms with van der Waals surface area (Å²) in [4.78, 5) is 26.7. The van der Waals surface area contributed by atoms with Crippen LogP contribution in [0.2, 0.25) is 0 Å². The van der Waals surface area contributed by atoms with Gasteiger partial charge in [-0.15, -0.1) is 0 Å². The van der Waals surface area contributed by atoms with E-state index >= 15 is 0 Å². The number of ether oxygens (including phenoxy) is 2. The summed E-state index contributed by atoms with van der Waals surface area (Å²) in [5, 5.41) is 10.6. The van der Waals surface area contributed by atoms with Crippen LogP contribution in [0.3, 0.4) is 0 Å². The molecule has 2 atom stereocenters. The third-order valence-corrected chi connectivity index (χ3v) is 6.86. The van der Waals surface area contributed by atoms with Gasteiger partial charge in [-0.25, -0.2) is 14.4 Å². The lowest BCUT2D eigenvalue weighted by atomic mass is 10.0. The number of nitrogens with zero attached hydrogens (tertiary/aromatic N) is 6. The summed E-state index contributed by atoms with van der Waals surface area (Å²) in [6.45, 7) is 6.20. The van der Waals surface area contributed by atoms with Crippen molar-refractivity contribution < 1.29 is 18.7 Å². The Balaban J connectivity index is 1.57. The number of nitrogen functional groups attached to an aromatic ring is 1. The molecule has 2 bridgehead atoms. The molecule has 5 heterocycles. The Bertz CT molecular complexity index is 1780. The molecule has 0 saturated heterocycles. The zero-order valence-electron chi connectivity index (χ0n) is 22.4. The van der Waals surface area contributed by atoms with E-state index in [1.807, 2.05) is 43.7 Å². The van der Waals surface area contributed by atoms with Gasteiger partial charge in [0.2, 0.25) is 5.88 Å². The Morgan fingerprint density at radius 1 is 1.23 bits per heavy atom. The average molecular weight is 546 g/mol. The minimum absolute atomic E-state index is 0.185. The number of anilines is 2. The fourth-order valence-corrected chi connectivity index (χ4v) is 4.85. The molecule has 1 amide bonds. The van der Waals surface area contributed by atoms with Gasteiger partial charge in [0.25, 0.3) is 11.9 Å². The molecule has 4 N–H and O–H groups in total. The molecule has 0 saturated carbocycles. The topological polar surface area (TPSA) is 147 Å². The fourth-order valence-electron chi connectivity index (χ4n) is 4.85.